The Bertz CT molecular complexity index is 857. The van der Waals surface area contributed by atoms with E-state index in [0.717, 1.165) is 31.5 Å². The van der Waals surface area contributed by atoms with E-state index < -0.39 is 10.0 Å². The maximum absolute atomic E-state index is 12.6. The average Bonchev–Trinajstić information content (AvgIpc) is 2.75. The molecule has 0 bridgehead atoms. The van der Waals surface area contributed by atoms with Crippen molar-refractivity contribution in [1.29, 1.82) is 0 Å². The van der Waals surface area contributed by atoms with Gasteiger partial charge in [-0.15, -0.1) is 0 Å². The Balaban J connectivity index is 1.57. The van der Waals surface area contributed by atoms with Gasteiger partial charge < -0.3 is 10.2 Å². The van der Waals surface area contributed by atoms with Crippen LogP contribution in [0.25, 0.3) is 0 Å². The average molecular weight is 416 g/mol. The number of piperidine rings is 1. The summed E-state index contributed by atoms with van der Waals surface area (Å²) in [6, 6.07) is 18.6. The van der Waals surface area contributed by atoms with Crippen molar-refractivity contribution in [2.75, 3.05) is 31.1 Å². The molecular formula is C23H33N3O2S. The van der Waals surface area contributed by atoms with Crippen LogP contribution in [0.5, 0.6) is 0 Å². The largest absolute Gasteiger partial charge is 0.371 e. The number of hydrogen-bond acceptors (Lipinski definition) is 4. The summed E-state index contributed by atoms with van der Waals surface area (Å²) in [5.74, 6) is 0. The predicted molar refractivity (Wildman–Crippen MR) is 120 cm³/mol. The Morgan fingerprint density at radius 1 is 1.00 bits per heavy atom. The molecule has 3 rings (SSSR count). The van der Waals surface area contributed by atoms with Gasteiger partial charge in [0.2, 0.25) is 10.0 Å². The molecule has 5 nitrogen and oxygen atoms in total. The lowest BCUT2D eigenvalue weighted by molar-refractivity contribution is 0.381. The van der Waals surface area contributed by atoms with Gasteiger partial charge in [-0.3, -0.25) is 0 Å². The van der Waals surface area contributed by atoms with Crippen LogP contribution in [-0.4, -0.2) is 44.9 Å². The number of para-hydroxylation sites is 1. The molecule has 1 aliphatic rings. The van der Waals surface area contributed by atoms with Crippen LogP contribution in [0.3, 0.4) is 0 Å². The van der Waals surface area contributed by atoms with Crippen molar-refractivity contribution in [3.05, 3.63) is 60.2 Å². The van der Waals surface area contributed by atoms with Crippen LogP contribution in [0.1, 0.15) is 45.2 Å². The molecule has 2 aromatic rings. The van der Waals surface area contributed by atoms with E-state index in [0.29, 0.717) is 24.0 Å². The molecule has 6 heteroatoms. The number of nitrogens with one attached hydrogen (secondary N) is 1. The van der Waals surface area contributed by atoms with Crippen LogP contribution in [-0.2, 0) is 10.0 Å². The van der Waals surface area contributed by atoms with Gasteiger partial charge in [0.15, 0.2) is 0 Å². The van der Waals surface area contributed by atoms with E-state index in [9.17, 15) is 8.42 Å². The molecule has 1 saturated heterocycles. The second kappa shape index (κ2) is 9.74. The fourth-order valence-electron chi connectivity index (χ4n) is 4.03. The highest BCUT2D eigenvalue weighted by Gasteiger charge is 2.23. The fraction of sp³-hybridized carbons (Fsp3) is 0.478. The molecule has 0 aliphatic carbocycles. The topological polar surface area (TPSA) is 52.7 Å². The maximum atomic E-state index is 12.6. The Labute approximate surface area is 175 Å². The van der Waals surface area contributed by atoms with Crippen molar-refractivity contribution in [3.8, 4) is 0 Å². The van der Waals surface area contributed by atoms with E-state index in [1.54, 1.807) is 12.1 Å². The lowest BCUT2D eigenvalue weighted by atomic mass is 10.0. The SMILES string of the molecule is CCN(CC)S(=O)(=O)c1ccc([C@@H](C)NC2CCN(c3ccccc3)CC2)cc1. The minimum Gasteiger partial charge on any atom is -0.371 e. The summed E-state index contributed by atoms with van der Waals surface area (Å²) in [6.45, 7) is 8.96. The van der Waals surface area contributed by atoms with Crippen molar-refractivity contribution in [1.82, 2.24) is 9.62 Å². The molecule has 29 heavy (non-hydrogen) atoms. The second-order valence-corrected chi connectivity index (χ2v) is 9.58. The van der Waals surface area contributed by atoms with Gasteiger partial charge in [-0.05, 0) is 49.6 Å². The summed E-state index contributed by atoms with van der Waals surface area (Å²) in [4.78, 5) is 2.81. The molecule has 0 amide bonds. The van der Waals surface area contributed by atoms with Crippen molar-refractivity contribution in [3.63, 3.8) is 0 Å². The highest BCUT2D eigenvalue weighted by Crippen LogP contribution is 2.23. The molecular weight excluding hydrogens is 382 g/mol. The number of nitrogens with zero attached hydrogens (tertiary/aromatic N) is 2. The van der Waals surface area contributed by atoms with E-state index in [4.69, 9.17) is 0 Å². The summed E-state index contributed by atoms with van der Waals surface area (Å²) in [7, 11) is -3.40. The molecule has 0 radical (unpaired) electrons. The Morgan fingerprint density at radius 3 is 2.14 bits per heavy atom. The first-order chi connectivity index (χ1) is 14.0. The third-order valence-corrected chi connectivity index (χ3v) is 7.89. The molecule has 1 fully saturated rings. The van der Waals surface area contributed by atoms with Gasteiger partial charge >= 0.3 is 0 Å². The molecule has 0 unspecified atom stereocenters. The van der Waals surface area contributed by atoms with E-state index in [-0.39, 0.29) is 6.04 Å². The molecule has 0 aromatic heterocycles. The first-order valence-corrected chi connectivity index (χ1v) is 12.1. The number of rotatable bonds is 8. The molecule has 1 aliphatic heterocycles. The van der Waals surface area contributed by atoms with Crippen LogP contribution in [0, 0.1) is 0 Å². The molecule has 1 N–H and O–H groups in total. The van der Waals surface area contributed by atoms with Crippen molar-refractivity contribution < 1.29 is 8.42 Å². The summed E-state index contributed by atoms with van der Waals surface area (Å²) >= 11 is 0. The van der Waals surface area contributed by atoms with Gasteiger partial charge in [-0.25, -0.2) is 8.42 Å². The normalized spacial score (nSPS) is 16.9. The fourth-order valence-corrected chi connectivity index (χ4v) is 5.49. The Morgan fingerprint density at radius 2 is 1.59 bits per heavy atom. The zero-order chi connectivity index (χ0) is 20.9. The number of anilines is 1. The van der Waals surface area contributed by atoms with Crippen LogP contribution in [0.15, 0.2) is 59.5 Å². The monoisotopic (exact) mass is 415 g/mol. The number of benzene rings is 2. The van der Waals surface area contributed by atoms with Crippen molar-refractivity contribution in [2.45, 2.75) is 50.6 Å². The van der Waals surface area contributed by atoms with Crippen LogP contribution in [0.2, 0.25) is 0 Å². The van der Waals surface area contributed by atoms with Crippen LogP contribution < -0.4 is 10.2 Å². The van der Waals surface area contributed by atoms with Gasteiger partial charge in [0, 0.05) is 44.0 Å². The van der Waals surface area contributed by atoms with Gasteiger partial charge in [0.25, 0.3) is 0 Å². The highest BCUT2D eigenvalue weighted by molar-refractivity contribution is 7.89. The minimum absolute atomic E-state index is 0.188. The first-order valence-electron chi connectivity index (χ1n) is 10.6. The van der Waals surface area contributed by atoms with Crippen LogP contribution >= 0.6 is 0 Å². The Kier molecular flexibility index (Phi) is 7.33. The smallest absolute Gasteiger partial charge is 0.243 e. The van der Waals surface area contributed by atoms with Gasteiger partial charge in [0.05, 0.1) is 4.90 Å². The van der Waals surface area contributed by atoms with E-state index in [1.165, 1.54) is 9.99 Å². The van der Waals surface area contributed by atoms with Crippen molar-refractivity contribution in [2.24, 2.45) is 0 Å². The summed E-state index contributed by atoms with van der Waals surface area (Å²) in [6.07, 6.45) is 2.21. The van der Waals surface area contributed by atoms with E-state index in [2.05, 4.69) is 47.5 Å². The zero-order valence-electron chi connectivity index (χ0n) is 17.7. The van der Waals surface area contributed by atoms with Crippen molar-refractivity contribution >= 4 is 15.7 Å². The van der Waals surface area contributed by atoms with Crippen LogP contribution in [0.4, 0.5) is 5.69 Å². The molecule has 0 saturated carbocycles. The molecule has 1 atom stereocenters. The minimum atomic E-state index is -3.40. The molecule has 1 heterocycles. The van der Waals surface area contributed by atoms with Gasteiger partial charge in [0.1, 0.15) is 0 Å². The Hall–Kier alpha value is -1.89. The summed E-state index contributed by atoms with van der Waals surface area (Å²) in [5.41, 5.74) is 2.41. The number of sulfonamides is 1. The standard InChI is InChI=1S/C23H33N3O2S/c1-4-26(5-2)29(27,28)23-13-11-20(12-14-23)19(3)24-21-15-17-25(18-16-21)22-9-7-6-8-10-22/h6-14,19,21,24H,4-5,15-18H2,1-3H3/t19-/m1/s1. The third-order valence-electron chi connectivity index (χ3n) is 5.83. The maximum Gasteiger partial charge on any atom is 0.243 e. The van der Waals surface area contributed by atoms with E-state index >= 15 is 0 Å². The second-order valence-electron chi connectivity index (χ2n) is 7.64. The zero-order valence-corrected chi connectivity index (χ0v) is 18.5. The molecule has 158 valence electrons. The molecule has 2 aromatic carbocycles. The molecule has 0 spiro atoms. The highest BCUT2D eigenvalue weighted by atomic mass is 32.2. The predicted octanol–water partition coefficient (Wildman–Crippen LogP) is 4.04. The van der Waals surface area contributed by atoms with Gasteiger partial charge in [-0.2, -0.15) is 4.31 Å². The summed E-state index contributed by atoms with van der Waals surface area (Å²) < 4.78 is 26.8. The number of hydrogen-bond donors (Lipinski definition) is 1. The quantitative estimate of drug-likeness (QED) is 0.707. The summed E-state index contributed by atoms with van der Waals surface area (Å²) in [5, 5.41) is 3.72. The third kappa shape index (κ3) is 5.18. The van der Waals surface area contributed by atoms with E-state index in [1.807, 2.05) is 26.0 Å². The first kappa shape index (κ1) is 21.8. The van der Waals surface area contributed by atoms with Gasteiger partial charge in [-0.1, -0.05) is 44.2 Å². The lowest BCUT2D eigenvalue weighted by Gasteiger charge is -2.35. The lowest BCUT2D eigenvalue weighted by Crippen LogP contribution is -2.43.